The van der Waals surface area contributed by atoms with Crippen molar-refractivity contribution in [2.75, 3.05) is 18.0 Å². The highest BCUT2D eigenvalue weighted by molar-refractivity contribution is 6.16. The fourth-order valence-corrected chi connectivity index (χ4v) is 4.07. The van der Waals surface area contributed by atoms with Crippen LogP contribution in [0.1, 0.15) is 46.0 Å². The zero-order valence-corrected chi connectivity index (χ0v) is 17.2. The molecule has 1 aromatic heterocycles. The molecule has 0 spiro atoms. The second-order valence-electron chi connectivity index (χ2n) is 7.81. The molecular weight excluding hydrogens is 398 g/mol. The van der Waals surface area contributed by atoms with Gasteiger partial charge in [0, 0.05) is 36.1 Å². The molecule has 1 fully saturated rings. The van der Waals surface area contributed by atoms with E-state index in [2.05, 4.69) is 10.3 Å². The van der Waals surface area contributed by atoms with Crippen molar-refractivity contribution in [2.45, 2.75) is 32.3 Å². The number of ketones is 2. The summed E-state index contributed by atoms with van der Waals surface area (Å²) in [6, 6.07) is 8.58. The van der Waals surface area contributed by atoms with Crippen LogP contribution in [-0.2, 0) is 16.0 Å². The Bertz CT molecular complexity index is 1040. The van der Waals surface area contributed by atoms with Crippen molar-refractivity contribution in [1.29, 1.82) is 0 Å². The third-order valence-electron chi connectivity index (χ3n) is 5.64. The first-order valence-electron chi connectivity index (χ1n) is 10.3. The van der Waals surface area contributed by atoms with E-state index in [1.54, 1.807) is 30.5 Å². The highest BCUT2D eigenvalue weighted by Crippen LogP contribution is 2.31. The lowest BCUT2D eigenvalue weighted by atomic mass is 9.88. The monoisotopic (exact) mass is 421 g/mol. The van der Waals surface area contributed by atoms with Crippen LogP contribution in [0.5, 0.6) is 0 Å². The van der Waals surface area contributed by atoms with Gasteiger partial charge in [-0.05, 0) is 55.2 Å². The Hall–Kier alpha value is -3.55. The number of carbonyl (C=O) groups excluding carboxylic acids is 4. The Morgan fingerprint density at radius 3 is 2.84 bits per heavy atom. The number of Topliss-reactive ketones (excluding diaryl/α,β-unsaturated/α-hetero) is 2. The van der Waals surface area contributed by atoms with E-state index < -0.39 is 18.1 Å². The number of carbonyl (C=O) groups is 4. The van der Waals surface area contributed by atoms with Crippen molar-refractivity contribution < 1.29 is 23.9 Å². The third kappa shape index (κ3) is 4.33. The maximum absolute atomic E-state index is 13.2. The molecule has 2 atom stereocenters. The number of aromatic nitrogens is 1. The Labute approximate surface area is 179 Å². The van der Waals surface area contributed by atoms with Gasteiger partial charge in [-0.15, -0.1) is 0 Å². The number of hydrogen-bond acceptors (Lipinski definition) is 6. The van der Waals surface area contributed by atoms with E-state index >= 15 is 0 Å². The van der Waals surface area contributed by atoms with Crippen LogP contribution in [0.15, 0.2) is 42.7 Å². The number of fused-ring (bicyclic) bond motifs is 1. The molecule has 1 unspecified atom stereocenters. The van der Waals surface area contributed by atoms with Crippen molar-refractivity contribution in [3.05, 3.63) is 59.4 Å². The molecule has 0 bridgehead atoms. The molecule has 8 nitrogen and oxygen atoms in total. The van der Waals surface area contributed by atoms with Gasteiger partial charge in [0.05, 0.1) is 19.0 Å². The number of hydrogen-bond donors (Lipinski definition) is 1. The van der Waals surface area contributed by atoms with Crippen molar-refractivity contribution in [1.82, 2.24) is 10.3 Å². The Kier molecular flexibility index (Phi) is 5.79. The van der Waals surface area contributed by atoms with Crippen LogP contribution in [0.2, 0.25) is 0 Å². The van der Waals surface area contributed by atoms with Crippen LogP contribution >= 0.6 is 0 Å². The molecule has 1 aromatic carbocycles. The number of aryl methyl sites for hydroxylation is 1. The Morgan fingerprint density at radius 2 is 2.10 bits per heavy atom. The predicted octanol–water partition coefficient (Wildman–Crippen LogP) is 2.56. The lowest BCUT2D eigenvalue weighted by Crippen LogP contribution is -2.33. The molecule has 4 rings (SSSR count). The quantitative estimate of drug-likeness (QED) is 0.452. The van der Waals surface area contributed by atoms with Gasteiger partial charge in [0.2, 0.25) is 5.91 Å². The van der Waals surface area contributed by atoms with E-state index in [4.69, 9.17) is 4.74 Å². The number of anilines is 1. The number of amides is 2. The van der Waals surface area contributed by atoms with Gasteiger partial charge in [0.1, 0.15) is 6.10 Å². The maximum Gasteiger partial charge on any atom is 0.414 e. The second kappa shape index (κ2) is 8.67. The fourth-order valence-electron chi connectivity index (χ4n) is 4.07. The Morgan fingerprint density at radius 1 is 1.26 bits per heavy atom. The minimum absolute atomic E-state index is 0.187. The first-order chi connectivity index (χ1) is 14.9. The SMILES string of the molecule is CC(=O)NC[C@H]1CN(c2ccc3c(c2)CCCC(C(=O)c2cccnc2)C3=O)C(=O)O1. The third-order valence-corrected chi connectivity index (χ3v) is 5.64. The maximum atomic E-state index is 13.2. The zero-order chi connectivity index (χ0) is 22.0. The number of cyclic esters (lactones) is 1. The van der Waals surface area contributed by atoms with Gasteiger partial charge in [0.15, 0.2) is 11.6 Å². The van der Waals surface area contributed by atoms with E-state index in [1.807, 2.05) is 6.07 Å². The minimum atomic E-state index is -0.727. The van der Waals surface area contributed by atoms with Crippen molar-refractivity contribution >= 4 is 29.3 Å². The average Bonchev–Trinajstić information content (AvgIpc) is 3.07. The number of pyridine rings is 1. The first-order valence-corrected chi connectivity index (χ1v) is 10.3. The normalized spacial score (nSPS) is 20.6. The van der Waals surface area contributed by atoms with Crippen LogP contribution < -0.4 is 10.2 Å². The van der Waals surface area contributed by atoms with E-state index in [1.165, 1.54) is 18.0 Å². The smallest absolute Gasteiger partial charge is 0.414 e. The van der Waals surface area contributed by atoms with E-state index in [0.717, 1.165) is 5.56 Å². The lowest BCUT2D eigenvalue weighted by molar-refractivity contribution is -0.119. The lowest BCUT2D eigenvalue weighted by Gasteiger charge is -2.16. The van der Waals surface area contributed by atoms with Crippen molar-refractivity contribution in [3.8, 4) is 0 Å². The molecule has 160 valence electrons. The number of benzene rings is 1. The van der Waals surface area contributed by atoms with Crippen LogP contribution in [0, 0.1) is 5.92 Å². The van der Waals surface area contributed by atoms with E-state index in [0.29, 0.717) is 42.6 Å². The summed E-state index contributed by atoms with van der Waals surface area (Å²) in [5.74, 6) is -1.32. The predicted molar refractivity (Wildman–Crippen MR) is 112 cm³/mol. The van der Waals surface area contributed by atoms with Gasteiger partial charge in [-0.3, -0.25) is 24.3 Å². The summed E-state index contributed by atoms with van der Waals surface area (Å²) in [4.78, 5) is 54.9. The van der Waals surface area contributed by atoms with E-state index in [9.17, 15) is 19.2 Å². The number of ether oxygens (including phenoxy) is 1. The van der Waals surface area contributed by atoms with Gasteiger partial charge in [-0.1, -0.05) is 0 Å². The molecular formula is C23H23N3O5. The molecule has 2 aromatic rings. The largest absolute Gasteiger partial charge is 0.442 e. The standard InChI is InChI=1S/C23H23N3O5/c1-14(27)25-12-18-13-26(23(30)31-18)17-7-8-19-15(10-17)4-2-6-20(22(19)29)21(28)16-5-3-9-24-11-16/h3,5,7-11,18,20H,2,4,6,12-13H2,1H3,(H,25,27)/t18-,20?/m0/s1. The topological polar surface area (TPSA) is 106 Å². The Balaban J connectivity index is 1.54. The molecule has 31 heavy (non-hydrogen) atoms. The summed E-state index contributed by atoms with van der Waals surface area (Å²) in [6.07, 6.45) is 3.96. The molecule has 2 amide bonds. The molecule has 1 aliphatic carbocycles. The molecule has 1 saturated heterocycles. The number of rotatable bonds is 5. The van der Waals surface area contributed by atoms with Gasteiger partial charge in [-0.2, -0.15) is 0 Å². The summed E-state index contributed by atoms with van der Waals surface area (Å²) >= 11 is 0. The summed E-state index contributed by atoms with van der Waals surface area (Å²) in [7, 11) is 0. The van der Waals surface area contributed by atoms with Crippen LogP contribution in [-0.4, -0.2) is 47.7 Å². The van der Waals surface area contributed by atoms with Crippen LogP contribution in [0.3, 0.4) is 0 Å². The molecule has 1 N–H and O–H groups in total. The minimum Gasteiger partial charge on any atom is -0.442 e. The summed E-state index contributed by atoms with van der Waals surface area (Å²) in [5, 5.41) is 2.65. The van der Waals surface area contributed by atoms with Crippen molar-refractivity contribution in [3.63, 3.8) is 0 Å². The van der Waals surface area contributed by atoms with Gasteiger partial charge in [-0.25, -0.2) is 4.79 Å². The molecule has 0 radical (unpaired) electrons. The van der Waals surface area contributed by atoms with Crippen molar-refractivity contribution in [2.24, 2.45) is 5.92 Å². The highest BCUT2D eigenvalue weighted by atomic mass is 16.6. The average molecular weight is 421 g/mol. The van der Waals surface area contributed by atoms with Crippen LogP contribution in [0.4, 0.5) is 10.5 Å². The second-order valence-corrected chi connectivity index (χ2v) is 7.81. The molecule has 0 saturated carbocycles. The number of nitrogens with zero attached hydrogens (tertiary/aromatic N) is 2. The van der Waals surface area contributed by atoms with Crippen LogP contribution in [0.25, 0.3) is 0 Å². The first kappa shape index (κ1) is 20.7. The summed E-state index contributed by atoms with van der Waals surface area (Å²) < 4.78 is 5.32. The molecule has 8 heteroatoms. The van der Waals surface area contributed by atoms with Gasteiger partial charge in [0.25, 0.3) is 0 Å². The highest BCUT2D eigenvalue weighted by Gasteiger charge is 2.35. The molecule has 1 aliphatic heterocycles. The van der Waals surface area contributed by atoms with Gasteiger partial charge < -0.3 is 10.1 Å². The number of nitrogens with one attached hydrogen (secondary N) is 1. The zero-order valence-electron chi connectivity index (χ0n) is 17.2. The molecule has 2 aliphatic rings. The van der Waals surface area contributed by atoms with Gasteiger partial charge >= 0.3 is 6.09 Å². The fraction of sp³-hybridized carbons (Fsp3) is 0.348. The van der Waals surface area contributed by atoms with E-state index in [-0.39, 0.29) is 24.0 Å². The summed E-state index contributed by atoms with van der Waals surface area (Å²) in [6.45, 7) is 1.97. The molecule has 2 heterocycles. The summed E-state index contributed by atoms with van der Waals surface area (Å²) in [5.41, 5.74) is 2.41.